The van der Waals surface area contributed by atoms with Crippen LogP contribution in [0.1, 0.15) is 34.8 Å². The number of amides is 2. The van der Waals surface area contributed by atoms with Gasteiger partial charge in [-0.15, -0.1) is 0 Å². The lowest BCUT2D eigenvalue weighted by atomic mass is 9.95. The van der Waals surface area contributed by atoms with Gasteiger partial charge in [0, 0.05) is 23.9 Å². The maximum absolute atomic E-state index is 14.4. The highest BCUT2D eigenvalue weighted by Gasteiger charge is 2.55. The highest BCUT2D eigenvalue weighted by Crippen LogP contribution is 2.53. The van der Waals surface area contributed by atoms with Gasteiger partial charge in [0.05, 0.1) is 5.56 Å². The number of carbonyl (C=O) groups excluding carboxylic acids is 2. The standard InChI is InChI=1S/C25H29F4N3O2/c1-24(17-7-5-4-6-8-17)13-20(24)23(34)30-14-18(32(2)3)11-16-9-10-19(21(26)12-16)22(33)31-15-25(27,28)29/h4-10,12,18,20H,11,13-15H2,1-3H3,(H,30,34)(H,31,33)/t18-,20?,24?/m0/s1. The van der Waals surface area contributed by atoms with E-state index in [0.717, 1.165) is 18.1 Å². The van der Waals surface area contributed by atoms with Gasteiger partial charge in [-0.1, -0.05) is 43.3 Å². The average Bonchev–Trinajstić information content (AvgIpc) is 3.48. The monoisotopic (exact) mass is 479 g/mol. The van der Waals surface area contributed by atoms with Gasteiger partial charge in [-0.25, -0.2) is 4.39 Å². The highest BCUT2D eigenvalue weighted by atomic mass is 19.4. The van der Waals surface area contributed by atoms with E-state index in [9.17, 15) is 27.2 Å². The van der Waals surface area contributed by atoms with E-state index < -0.39 is 30.0 Å². The molecule has 184 valence electrons. The third-order valence-electron chi connectivity index (χ3n) is 6.43. The van der Waals surface area contributed by atoms with Crippen LogP contribution >= 0.6 is 0 Å². The second-order valence-corrected chi connectivity index (χ2v) is 9.22. The van der Waals surface area contributed by atoms with E-state index in [1.165, 1.54) is 12.1 Å². The summed E-state index contributed by atoms with van der Waals surface area (Å²) in [6.07, 6.45) is -3.41. The molecule has 2 unspecified atom stereocenters. The van der Waals surface area contributed by atoms with Crippen molar-refractivity contribution in [1.29, 1.82) is 0 Å². The Balaban J connectivity index is 1.57. The number of nitrogens with one attached hydrogen (secondary N) is 2. The van der Waals surface area contributed by atoms with Crippen LogP contribution < -0.4 is 10.6 Å². The minimum absolute atomic E-state index is 0.0268. The van der Waals surface area contributed by atoms with Gasteiger partial charge in [-0.3, -0.25) is 9.59 Å². The number of carbonyl (C=O) groups is 2. The molecule has 0 radical (unpaired) electrons. The van der Waals surface area contributed by atoms with Crippen molar-refractivity contribution in [3.63, 3.8) is 0 Å². The molecule has 1 saturated carbocycles. The summed E-state index contributed by atoms with van der Waals surface area (Å²) in [7, 11) is 3.69. The van der Waals surface area contributed by atoms with E-state index in [1.54, 1.807) is 5.32 Å². The molecule has 0 spiro atoms. The zero-order valence-corrected chi connectivity index (χ0v) is 19.4. The molecular weight excluding hydrogens is 450 g/mol. The summed E-state index contributed by atoms with van der Waals surface area (Å²) in [5.74, 6) is -2.15. The number of hydrogen-bond donors (Lipinski definition) is 2. The molecule has 34 heavy (non-hydrogen) atoms. The first-order chi connectivity index (χ1) is 15.9. The Hall–Kier alpha value is -2.94. The van der Waals surface area contributed by atoms with Crippen LogP contribution in [0.2, 0.25) is 0 Å². The molecule has 1 aliphatic rings. The van der Waals surface area contributed by atoms with Gasteiger partial charge in [0.2, 0.25) is 5.91 Å². The summed E-state index contributed by atoms with van der Waals surface area (Å²) >= 11 is 0. The maximum Gasteiger partial charge on any atom is 0.405 e. The molecule has 2 aromatic carbocycles. The second-order valence-electron chi connectivity index (χ2n) is 9.22. The minimum Gasteiger partial charge on any atom is -0.354 e. The lowest BCUT2D eigenvalue weighted by Crippen LogP contribution is -2.42. The van der Waals surface area contributed by atoms with Crippen LogP contribution in [0, 0.1) is 11.7 Å². The topological polar surface area (TPSA) is 61.4 Å². The summed E-state index contributed by atoms with van der Waals surface area (Å²) in [5.41, 5.74) is 1.08. The summed E-state index contributed by atoms with van der Waals surface area (Å²) in [6, 6.07) is 13.6. The van der Waals surface area contributed by atoms with Gasteiger partial charge in [0.15, 0.2) is 0 Å². The smallest absolute Gasteiger partial charge is 0.354 e. The minimum atomic E-state index is -4.57. The van der Waals surface area contributed by atoms with E-state index in [0.29, 0.717) is 18.5 Å². The Morgan fingerprint density at radius 3 is 2.38 bits per heavy atom. The first-order valence-corrected chi connectivity index (χ1v) is 11.0. The summed E-state index contributed by atoms with van der Waals surface area (Å²) < 4.78 is 51.3. The fraction of sp³-hybridized carbons (Fsp3) is 0.440. The van der Waals surface area contributed by atoms with Crippen molar-refractivity contribution in [2.75, 3.05) is 27.2 Å². The Morgan fingerprint density at radius 2 is 1.79 bits per heavy atom. The normalized spacial score (nSPS) is 20.6. The third kappa shape index (κ3) is 6.34. The van der Waals surface area contributed by atoms with Crippen LogP contribution in [0.15, 0.2) is 48.5 Å². The van der Waals surface area contributed by atoms with Gasteiger partial charge < -0.3 is 15.5 Å². The van der Waals surface area contributed by atoms with Crippen LogP contribution in [0.5, 0.6) is 0 Å². The summed E-state index contributed by atoms with van der Waals surface area (Å²) in [4.78, 5) is 26.5. The molecule has 3 atom stereocenters. The first-order valence-electron chi connectivity index (χ1n) is 11.0. The van der Waals surface area contributed by atoms with E-state index in [4.69, 9.17) is 0 Å². The first kappa shape index (κ1) is 25.7. The zero-order valence-electron chi connectivity index (χ0n) is 19.4. The number of alkyl halides is 3. The fourth-order valence-electron chi connectivity index (χ4n) is 4.08. The van der Waals surface area contributed by atoms with E-state index in [1.807, 2.05) is 49.3 Å². The van der Waals surface area contributed by atoms with Crippen molar-refractivity contribution < 1.29 is 27.2 Å². The van der Waals surface area contributed by atoms with E-state index in [-0.39, 0.29) is 23.3 Å². The van der Waals surface area contributed by atoms with Crippen molar-refractivity contribution in [2.45, 2.75) is 37.4 Å². The lowest BCUT2D eigenvalue weighted by molar-refractivity contribution is -0.123. The maximum atomic E-state index is 14.4. The molecule has 1 aliphatic carbocycles. The predicted molar refractivity (Wildman–Crippen MR) is 121 cm³/mol. The van der Waals surface area contributed by atoms with Crippen LogP contribution in [0.25, 0.3) is 0 Å². The molecule has 2 amide bonds. The Bertz CT molecular complexity index is 1030. The van der Waals surface area contributed by atoms with E-state index in [2.05, 4.69) is 12.2 Å². The quantitative estimate of drug-likeness (QED) is 0.540. The molecule has 2 N–H and O–H groups in total. The Morgan fingerprint density at radius 1 is 1.12 bits per heavy atom. The fourth-order valence-corrected chi connectivity index (χ4v) is 4.08. The summed E-state index contributed by atoms with van der Waals surface area (Å²) in [6.45, 7) is 0.896. The molecule has 1 fully saturated rings. The molecule has 2 aromatic rings. The van der Waals surface area contributed by atoms with Gasteiger partial charge in [-0.05, 0) is 50.2 Å². The molecule has 5 nitrogen and oxygen atoms in total. The second kappa shape index (κ2) is 10.1. The van der Waals surface area contributed by atoms with Crippen molar-refractivity contribution in [2.24, 2.45) is 5.92 Å². The summed E-state index contributed by atoms with van der Waals surface area (Å²) in [5, 5.41) is 4.67. The molecule has 9 heteroatoms. The molecule has 0 saturated heterocycles. The number of benzene rings is 2. The SMILES string of the molecule is CN(C)[C@H](CNC(=O)C1CC1(C)c1ccccc1)Cc1ccc(C(=O)NCC(F)(F)F)c(F)c1. The largest absolute Gasteiger partial charge is 0.405 e. The number of rotatable bonds is 9. The number of nitrogens with zero attached hydrogens (tertiary/aromatic N) is 1. The van der Waals surface area contributed by atoms with Crippen molar-refractivity contribution in [3.05, 3.63) is 71.0 Å². The van der Waals surface area contributed by atoms with Gasteiger partial charge in [-0.2, -0.15) is 13.2 Å². The Labute approximate surface area is 196 Å². The average molecular weight is 480 g/mol. The van der Waals surface area contributed by atoms with Gasteiger partial charge in [0.25, 0.3) is 5.91 Å². The van der Waals surface area contributed by atoms with Crippen LogP contribution in [-0.2, 0) is 16.6 Å². The third-order valence-corrected chi connectivity index (χ3v) is 6.43. The molecular formula is C25H29F4N3O2. The van der Waals surface area contributed by atoms with Crippen molar-refractivity contribution >= 4 is 11.8 Å². The van der Waals surface area contributed by atoms with Crippen molar-refractivity contribution in [1.82, 2.24) is 15.5 Å². The van der Waals surface area contributed by atoms with E-state index >= 15 is 0 Å². The van der Waals surface area contributed by atoms with Crippen LogP contribution in [-0.4, -0.2) is 56.1 Å². The lowest BCUT2D eigenvalue weighted by Gasteiger charge is -2.25. The molecule has 0 aliphatic heterocycles. The van der Waals surface area contributed by atoms with Gasteiger partial charge >= 0.3 is 6.18 Å². The molecule has 0 bridgehead atoms. The molecule has 3 rings (SSSR count). The molecule has 0 aromatic heterocycles. The Kier molecular flexibility index (Phi) is 7.65. The highest BCUT2D eigenvalue weighted by molar-refractivity contribution is 5.94. The zero-order chi connectivity index (χ0) is 25.1. The number of hydrogen-bond acceptors (Lipinski definition) is 3. The van der Waals surface area contributed by atoms with Crippen molar-refractivity contribution in [3.8, 4) is 0 Å². The molecule has 0 heterocycles. The van der Waals surface area contributed by atoms with Crippen LogP contribution in [0.4, 0.5) is 17.6 Å². The number of likely N-dealkylation sites (N-methyl/N-ethyl adjacent to an activating group) is 1. The van der Waals surface area contributed by atoms with Crippen LogP contribution in [0.3, 0.4) is 0 Å². The number of halogens is 4. The van der Waals surface area contributed by atoms with Gasteiger partial charge in [0.1, 0.15) is 12.4 Å². The predicted octanol–water partition coefficient (Wildman–Crippen LogP) is 3.68.